The van der Waals surface area contributed by atoms with Gasteiger partial charge in [-0.25, -0.2) is 9.38 Å². The quantitative estimate of drug-likeness (QED) is 0.512. The van der Waals surface area contributed by atoms with Crippen LogP contribution in [0.1, 0.15) is 43.9 Å². The van der Waals surface area contributed by atoms with Gasteiger partial charge in [-0.3, -0.25) is 4.90 Å². The van der Waals surface area contributed by atoms with Crippen LogP contribution < -0.4 is 10.6 Å². The first kappa shape index (κ1) is 21.1. The molecule has 156 valence electrons. The zero-order valence-corrected chi connectivity index (χ0v) is 17.2. The number of aromatic hydroxyl groups is 1. The van der Waals surface area contributed by atoms with Gasteiger partial charge in [0.1, 0.15) is 0 Å². The van der Waals surface area contributed by atoms with Crippen molar-refractivity contribution in [1.29, 1.82) is 0 Å². The van der Waals surface area contributed by atoms with Crippen molar-refractivity contribution in [3.8, 4) is 5.75 Å². The smallest absolute Gasteiger partial charge is 0.191 e. The number of aliphatic imine (C=N–C) groups is 1. The summed E-state index contributed by atoms with van der Waals surface area (Å²) < 4.78 is 13.5. The van der Waals surface area contributed by atoms with Gasteiger partial charge >= 0.3 is 0 Å². The van der Waals surface area contributed by atoms with Crippen molar-refractivity contribution >= 4 is 5.96 Å². The predicted molar refractivity (Wildman–Crippen MR) is 115 cm³/mol. The molecule has 29 heavy (non-hydrogen) atoms. The van der Waals surface area contributed by atoms with E-state index in [-0.39, 0.29) is 5.75 Å². The van der Waals surface area contributed by atoms with Gasteiger partial charge in [0.2, 0.25) is 0 Å². The van der Waals surface area contributed by atoms with E-state index in [0.29, 0.717) is 18.6 Å². The lowest BCUT2D eigenvalue weighted by atomic mass is 10.0. The van der Waals surface area contributed by atoms with Gasteiger partial charge < -0.3 is 15.7 Å². The van der Waals surface area contributed by atoms with Gasteiger partial charge in [0.15, 0.2) is 17.5 Å². The maximum absolute atomic E-state index is 13.5. The summed E-state index contributed by atoms with van der Waals surface area (Å²) >= 11 is 0. The molecule has 0 amide bonds. The molecule has 1 aliphatic heterocycles. The Labute approximate surface area is 172 Å². The fraction of sp³-hybridized carbons (Fsp3) is 0.435. The molecule has 5 nitrogen and oxygen atoms in total. The van der Waals surface area contributed by atoms with Crippen molar-refractivity contribution in [2.24, 2.45) is 4.99 Å². The van der Waals surface area contributed by atoms with E-state index < -0.39 is 5.82 Å². The van der Waals surface area contributed by atoms with E-state index in [1.807, 2.05) is 6.92 Å². The highest BCUT2D eigenvalue weighted by atomic mass is 19.1. The molecule has 0 bridgehead atoms. The summed E-state index contributed by atoms with van der Waals surface area (Å²) in [5.41, 5.74) is 2.08. The number of piperidine rings is 1. The molecule has 0 aromatic heterocycles. The molecule has 6 heteroatoms. The lowest BCUT2D eigenvalue weighted by Gasteiger charge is -2.37. The number of benzene rings is 2. The zero-order valence-electron chi connectivity index (χ0n) is 17.2. The Balaban J connectivity index is 1.54. The van der Waals surface area contributed by atoms with Gasteiger partial charge in [-0.2, -0.15) is 0 Å². The standard InChI is InChI=1S/C23H31FN4O/c1-3-25-23(26-16-18-9-10-22(29)21(24)15-18)27-20-11-13-28(14-12-20)17(2)19-7-5-4-6-8-19/h4-10,15,17,20,29H,3,11-14,16H2,1-2H3,(H2,25,26,27). The molecule has 0 saturated carbocycles. The number of hydrogen-bond donors (Lipinski definition) is 3. The highest BCUT2D eigenvalue weighted by Gasteiger charge is 2.24. The number of nitrogens with zero attached hydrogens (tertiary/aromatic N) is 2. The third kappa shape index (κ3) is 5.94. The summed E-state index contributed by atoms with van der Waals surface area (Å²) in [5.74, 6) is -0.203. The molecule has 1 fully saturated rings. The van der Waals surface area contributed by atoms with Crippen molar-refractivity contribution in [1.82, 2.24) is 15.5 Å². The second kappa shape index (κ2) is 10.3. The van der Waals surface area contributed by atoms with Gasteiger partial charge in [0.25, 0.3) is 0 Å². The van der Waals surface area contributed by atoms with E-state index >= 15 is 0 Å². The normalized spacial score (nSPS) is 17.1. The molecule has 3 rings (SSSR count). The summed E-state index contributed by atoms with van der Waals surface area (Å²) in [6.07, 6.45) is 2.10. The first-order valence-electron chi connectivity index (χ1n) is 10.4. The van der Waals surface area contributed by atoms with Crippen molar-refractivity contribution < 1.29 is 9.50 Å². The van der Waals surface area contributed by atoms with E-state index in [0.717, 1.165) is 44.0 Å². The van der Waals surface area contributed by atoms with Gasteiger partial charge in [-0.15, -0.1) is 0 Å². The Morgan fingerprint density at radius 1 is 1.21 bits per heavy atom. The van der Waals surface area contributed by atoms with Gasteiger partial charge in [-0.1, -0.05) is 36.4 Å². The predicted octanol–water partition coefficient (Wildman–Crippen LogP) is 3.81. The molecule has 3 N–H and O–H groups in total. The Hall–Kier alpha value is -2.60. The molecular weight excluding hydrogens is 367 g/mol. The first-order valence-corrected chi connectivity index (χ1v) is 10.4. The molecule has 1 saturated heterocycles. The van der Waals surface area contributed by atoms with Crippen LogP contribution in [-0.4, -0.2) is 41.6 Å². The molecule has 0 spiro atoms. The third-order valence-corrected chi connectivity index (χ3v) is 5.48. The van der Waals surface area contributed by atoms with Gasteiger partial charge in [-0.05, 0) is 49.9 Å². The fourth-order valence-corrected chi connectivity index (χ4v) is 3.71. The molecule has 1 heterocycles. The molecule has 1 aliphatic rings. The van der Waals surface area contributed by atoms with Crippen LogP contribution in [0.4, 0.5) is 4.39 Å². The number of rotatable bonds is 6. The summed E-state index contributed by atoms with van der Waals surface area (Å²) in [7, 11) is 0. The minimum Gasteiger partial charge on any atom is -0.505 e. The third-order valence-electron chi connectivity index (χ3n) is 5.48. The van der Waals surface area contributed by atoms with Crippen molar-refractivity contribution in [2.75, 3.05) is 19.6 Å². The van der Waals surface area contributed by atoms with Crippen LogP contribution >= 0.6 is 0 Å². The molecule has 1 unspecified atom stereocenters. The Kier molecular flexibility index (Phi) is 7.47. The van der Waals surface area contributed by atoms with Crippen LogP contribution in [0.3, 0.4) is 0 Å². The Morgan fingerprint density at radius 3 is 2.59 bits per heavy atom. The molecule has 0 aliphatic carbocycles. The fourth-order valence-electron chi connectivity index (χ4n) is 3.71. The number of phenols is 1. The lowest BCUT2D eigenvalue weighted by Crippen LogP contribution is -2.49. The number of hydrogen-bond acceptors (Lipinski definition) is 3. The highest BCUT2D eigenvalue weighted by Crippen LogP contribution is 2.24. The van der Waals surface area contributed by atoms with Crippen molar-refractivity contribution in [3.63, 3.8) is 0 Å². The van der Waals surface area contributed by atoms with Crippen molar-refractivity contribution in [3.05, 3.63) is 65.5 Å². The zero-order chi connectivity index (χ0) is 20.6. The average molecular weight is 399 g/mol. The first-order chi connectivity index (χ1) is 14.1. The maximum atomic E-state index is 13.5. The van der Waals surface area contributed by atoms with E-state index in [2.05, 4.69) is 57.8 Å². The monoisotopic (exact) mass is 398 g/mol. The van der Waals surface area contributed by atoms with Crippen LogP contribution in [0.5, 0.6) is 5.75 Å². The minimum atomic E-state index is -0.615. The van der Waals surface area contributed by atoms with Gasteiger partial charge in [0.05, 0.1) is 6.54 Å². The topological polar surface area (TPSA) is 59.9 Å². The Bertz CT molecular complexity index is 804. The number of nitrogens with one attached hydrogen (secondary N) is 2. The van der Waals surface area contributed by atoms with E-state index in [4.69, 9.17) is 0 Å². The minimum absolute atomic E-state index is 0.334. The number of halogens is 1. The molecule has 0 radical (unpaired) electrons. The molecular formula is C23H31FN4O. The summed E-state index contributed by atoms with van der Waals surface area (Å²) in [6.45, 7) is 7.50. The summed E-state index contributed by atoms with van der Waals surface area (Å²) in [6, 6.07) is 15.8. The molecule has 1 atom stereocenters. The van der Waals surface area contributed by atoms with Crippen LogP contribution in [0.15, 0.2) is 53.5 Å². The number of phenolic OH excluding ortho intramolecular Hbond substituents is 1. The van der Waals surface area contributed by atoms with E-state index in [9.17, 15) is 9.50 Å². The highest BCUT2D eigenvalue weighted by molar-refractivity contribution is 5.80. The SMILES string of the molecule is CCNC(=NCc1ccc(O)c(F)c1)NC1CCN(C(C)c2ccccc2)CC1. The van der Waals surface area contributed by atoms with Crippen molar-refractivity contribution in [2.45, 2.75) is 45.3 Å². The van der Waals surface area contributed by atoms with Crippen LogP contribution in [-0.2, 0) is 6.54 Å². The van der Waals surface area contributed by atoms with E-state index in [1.54, 1.807) is 6.07 Å². The number of likely N-dealkylation sites (tertiary alicyclic amines) is 1. The maximum Gasteiger partial charge on any atom is 0.191 e. The van der Waals surface area contributed by atoms with Crippen LogP contribution in [0.2, 0.25) is 0 Å². The van der Waals surface area contributed by atoms with Crippen LogP contribution in [0, 0.1) is 5.82 Å². The Morgan fingerprint density at radius 2 is 1.93 bits per heavy atom. The lowest BCUT2D eigenvalue weighted by molar-refractivity contribution is 0.158. The number of guanidine groups is 1. The second-order valence-electron chi connectivity index (χ2n) is 7.52. The molecule has 2 aromatic rings. The average Bonchev–Trinajstić information content (AvgIpc) is 2.75. The summed E-state index contributed by atoms with van der Waals surface area (Å²) in [4.78, 5) is 7.11. The second-order valence-corrected chi connectivity index (χ2v) is 7.52. The van der Waals surface area contributed by atoms with Crippen LogP contribution in [0.25, 0.3) is 0 Å². The van der Waals surface area contributed by atoms with Gasteiger partial charge in [0, 0.05) is 31.7 Å². The molecule has 2 aromatic carbocycles. The largest absolute Gasteiger partial charge is 0.505 e. The van der Waals surface area contributed by atoms with E-state index in [1.165, 1.54) is 17.7 Å². The summed E-state index contributed by atoms with van der Waals surface area (Å²) in [5, 5.41) is 16.1.